The van der Waals surface area contributed by atoms with Crippen molar-refractivity contribution in [3.8, 4) is 0 Å². The third kappa shape index (κ3) is 7.95. The Morgan fingerprint density at radius 2 is 1.88 bits per heavy atom. The highest BCUT2D eigenvalue weighted by molar-refractivity contribution is 8.30. The van der Waals surface area contributed by atoms with Crippen LogP contribution in [0.3, 0.4) is 0 Å². The molecule has 1 aliphatic heterocycles. The molecule has 33 heavy (non-hydrogen) atoms. The molecule has 1 fully saturated rings. The number of aliphatic hydroxyl groups is 3. The molecule has 0 spiro atoms. The summed E-state index contributed by atoms with van der Waals surface area (Å²) in [5.74, 6) is 0.185. The molecule has 6 unspecified atom stereocenters. The Balaban J connectivity index is 1.50. The highest BCUT2D eigenvalue weighted by atomic mass is 32.2. The normalized spacial score (nSPS) is 29.4. The lowest BCUT2D eigenvalue weighted by Gasteiger charge is -2.32. The average molecular weight is 478 g/mol. The topological polar surface area (TPSA) is 110 Å². The summed E-state index contributed by atoms with van der Waals surface area (Å²) in [7, 11) is -0.618. The van der Waals surface area contributed by atoms with Crippen LogP contribution in [0.25, 0.3) is 0 Å². The molecular formula is C26H39NO5S. The summed E-state index contributed by atoms with van der Waals surface area (Å²) in [4.78, 5) is 15.4. The zero-order chi connectivity index (χ0) is 23.6. The Kier molecular flexibility index (Phi) is 10.4. The van der Waals surface area contributed by atoms with Gasteiger partial charge < -0.3 is 20.4 Å². The highest BCUT2D eigenvalue weighted by Gasteiger charge is 2.45. The molecule has 6 atom stereocenters. The molecule has 1 aliphatic carbocycles. The lowest BCUT2D eigenvalue weighted by molar-refractivity contribution is -0.137. The number of benzene rings is 1. The van der Waals surface area contributed by atoms with Crippen LogP contribution in [0.4, 0.5) is 0 Å². The van der Waals surface area contributed by atoms with Gasteiger partial charge in [-0.15, -0.1) is 0 Å². The van der Waals surface area contributed by atoms with E-state index in [4.69, 9.17) is 10.1 Å². The molecule has 2 aliphatic rings. The van der Waals surface area contributed by atoms with Crippen LogP contribution in [0.1, 0.15) is 56.9 Å². The number of carboxylic acid groups (broad SMARTS) is 1. The molecule has 7 heteroatoms. The fourth-order valence-corrected chi connectivity index (χ4v) is 8.25. The van der Waals surface area contributed by atoms with Crippen LogP contribution in [0.5, 0.6) is 0 Å². The van der Waals surface area contributed by atoms with E-state index in [1.54, 1.807) is 0 Å². The van der Waals surface area contributed by atoms with E-state index in [0.717, 1.165) is 36.6 Å². The van der Waals surface area contributed by atoms with Gasteiger partial charge in [0.25, 0.3) is 0 Å². The monoisotopic (exact) mass is 477 g/mol. The van der Waals surface area contributed by atoms with Crippen molar-refractivity contribution in [2.45, 2.75) is 81.3 Å². The van der Waals surface area contributed by atoms with Gasteiger partial charge in [0.1, 0.15) is 0 Å². The molecule has 3 rings (SSSR count). The van der Waals surface area contributed by atoms with E-state index in [9.17, 15) is 20.1 Å². The molecule has 6 nitrogen and oxygen atoms in total. The minimum absolute atomic E-state index is 0.00754. The number of nitrogens with zero attached hydrogens (tertiary/aromatic N) is 1. The number of aliphatic carboxylic acids is 1. The Hall–Kier alpha value is -1.67. The smallest absolute Gasteiger partial charge is 0.303 e. The number of allylic oxidation sites excluding steroid dienone is 2. The van der Waals surface area contributed by atoms with Crippen molar-refractivity contribution in [2.24, 2.45) is 10.9 Å². The molecule has 0 aromatic heterocycles. The number of hydrogen-bond donors (Lipinski definition) is 5. The molecule has 184 valence electrons. The number of hydrogen-bond acceptors (Lipinski definition) is 5. The summed E-state index contributed by atoms with van der Waals surface area (Å²) >= 11 is 0. The van der Waals surface area contributed by atoms with Gasteiger partial charge >= 0.3 is 5.97 Å². The number of aliphatic hydroxyl groups excluding tert-OH is 3. The minimum Gasteiger partial charge on any atom is -0.481 e. The molecule has 4 N–H and O–H groups in total. The van der Waals surface area contributed by atoms with Crippen molar-refractivity contribution in [1.29, 1.82) is 0 Å². The van der Waals surface area contributed by atoms with Crippen molar-refractivity contribution in [1.82, 2.24) is 0 Å². The first-order valence-electron chi connectivity index (χ1n) is 12.2. The largest absolute Gasteiger partial charge is 0.481 e. The van der Waals surface area contributed by atoms with E-state index in [1.165, 1.54) is 5.56 Å². The first-order chi connectivity index (χ1) is 16.0. The predicted molar refractivity (Wildman–Crippen MR) is 135 cm³/mol. The molecule has 1 aromatic rings. The van der Waals surface area contributed by atoms with Crippen LogP contribution in [0.2, 0.25) is 0 Å². The SMILES string of the molecule is O=C(O)CCCC=CCC1C(O)CC(O)C1[SH]1CCN=C1CCC(O)CCc1ccccc1. The van der Waals surface area contributed by atoms with Crippen LogP contribution in [0, 0.1) is 5.92 Å². The molecule has 0 radical (unpaired) electrons. The number of thiol groups is 1. The standard InChI is InChI=1S/C26H39NO5S/c28-20(13-12-19-8-4-3-5-9-19)14-15-24-27-16-17-33(24)26-21(22(29)18-23(26)30)10-6-1-2-7-11-25(31)32/h1,3-6,8-9,20-23,26,28-30,33H,2,7,10-18H2,(H,31,32). The van der Waals surface area contributed by atoms with E-state index in [0.29, 0.717) is 32.1 Å². The van der Waals surface area contributed by atoms with Crippen LogP contribution < -0.4 is 0 Å². The Morgan fingerprint density at radius 1 is 1.12 bits per heavy atom. The minimum atomic E-state index is -0.779. The Bertz CT molecular complexity index is 799. The molecule has 1 aromatic carbocycles. The van der Waals surface area contributed by atoms with Gasteiger partial charge in [-0.05, 0) is 56.3 Å². The second kappa shape index (κ2) is 13.3. The average Bonchev–Trinajstić information content (AvgIpc) is 3.36. The van der Waals surface area contributed by atoms with E-state index < -0.39 is 29.1 Å². The highest BCUT2D eigenvalue weighted by Crippen LogP contribution is 2.50. The van der Waals surface area contributed by atoms with Gasteiger partial charge in [-0.3, -0.25) is 9.79 Å². The summed E-state index contributed by atoms with van der Waals surface area (Å²) in [6.45, 7) is 0.776. The summed E-state index contributed by atoms with van der Waals surface area (Å²) < 4.78 is 0. The van der Waals surface area contributed by atoms with Crippen molar-refractivity contribution in [2.75, 3.05) is 12.3 Å². The maximum Gasteiger partial charge on any atom is 0.303 e. The van der Waals surface area contributed by atoms with Gasteiger partial charge in [0.05, 0.1) is 18.3 Å². The van der Waals surface area contributed by atoms with Gasteiger partial charge in [-0.2, -0.15) is 0 Å². The summed E-state index contributed by atoms with van der Waals surface area (Å²) in [6.07, 6.45) is 8.27. The predicted octanol–water partition coefficient (Wildman–Crippen LogP) is 3.49. The number of aliphatic imine (C=N–C) groups is 1. The lowest BCUT2D eigenvalue weighted by Crippen LogP contribution is -2.30. The fraction of sp³-hybridized carbons (Fsp3) is 0.615. The van der Waals surface area contributed by atoms with E-state index >= 15 is 0 Å². The van der Waals surface area contributed by atoms with Crippen molar-refractivity contribution >= 4 is 21.9 Å². The molecule has 0 amide bonds. The molecule has 1 saturated carbocycles. The zero-order valence-electron chi connectivity index (χ0n) is 19.3. The van der Waals surface area contributed by atoms with Crippen molar-refractivity contribution in [3.05, 3.63) is 48.0 Å². The number of carboxylic acids is 1. The number of carbonyl (C=O) groups is 1. The molecule has 1 heterocycles. The van der Waals surface area contributed by atoms with Crippen LogP contribution >= 0.6 is 10.9 Å². The lowest BCUT2D eigenvalue weighted by atomic mass is 10.0. The van der Waals surface area contributed by atoms with Gasteiger partial charge in [0.15, 0.2) is 0 Å². The first kappa shape index (κ1) is 25.9. The van der Waals surface area contributed by atoms with Gasteiger partial charge in [-0.25, -0.2) is 10.9 Å². The van der Waals surface area contributed by atoms with Crippen molar-refractivity contribution in [3.63, 3.8) is 0 Å². The van der Waals surface area contributed by atoms with Crippen molar-refractivity contribution < 1.29 is 25.2 Å². The van der Waals surface area contributed by atoms with Gasteiger partial charge in [0, 0.05) is 35.6 Å². The summed E-state index contributed by atoms with van der Waals surface area (Å²) in [5.41, 5.74) is 1.24. The first-order valence-corrected chi connectivity index (χ1v) is 13.8. The van der Waals surface area contributed by atoms with Crippen LogP contribution in [0.15, 0.2) is 47.5 Å². The maximum absolute atomic E-state index is 10.8. The zero-order valence-corrected chi connectivity index (χ0v) is 20.2. The summed E-state index contributed by atoms with van der Waals surface area (Å²) in [6, 6.07) is 10.2. The Morgan fingerprint density at radius 3 is 2.64 bits per heavy atom. The van der Waals surface area contributed by atoms with E-state index in [1.807, 2.05) is 30.4 Å². The molecule has 0 saturated heterocycles. The maximum atomic E-state index is 10.8. The quantitative estimate of drug-likeness (QED) is 0.170. The number of rotatable bonds is 13. The third-order valence-corrected chi connectivity index (χ3v) is 9.94. The molecule has 0 bridgehead atoms. The third-order valence-electron chi connectivity index (χ3n) is 6.78. The number of aryl methyl sites for hydroxylation is 1. The van der Waals surface area contributed by atoms with Gasteiger partial charge in [-0.1, -0.05) is 42.5 Å². The van der Waals surface area contributed by atoms with Crippen LogP contribution in [-0.2, 0) is 11.2 Å². The fourth-order valence-electron chi connectivity index (χ4n) is 5.02. The second-order valence-electron chi connectivity index (χ2n) is 9.23. The van der Waals surface area contributed by atoms with Gasteiger partial charge in [0.2, 0.25) is 0 Å². The summed E-state index contributed by atoms with van der Waals surface area (Å²) in [5, 5.41) is 41.8. The molecular weight excluding hydrogens is 438 g/mol. The Labute approximate surface area is 199 Å². The van der Waals surface area contributed by atoms with E-state index in [-0.39, 0.29) is 23.7 Å². The van der Waals surface area contributed by atoms with E-state index in [2.05, 4.69) is 12.1 Å². The van der Waals surface area contributed by atoms with Crippen LogP contribution in [-0.4, -0.2) is 67.3 Å². The number of unbranched alkanes of at least 4 members (excludes halogenated alkanes) is 1. The second-order valence-corrected chi connectivity index (χ2v) is 11.7.